The summed E-state index contributed by atoms with van der Waals surface area (Å²) in [4.78, 5) is 20.3. The zero-order valence-corrected chi connectivity index (χ0v) is 19.4. The lowest BCUT2D eigenvalue weighted by Crippen LogP contribution is -2.34. The van der Waals surface area contributed by atoms with Crippen LogP contribution < -0.4 is 24.8 Å². The van der Waals surface area contributed by atoms with Gasteiger partial charge < -0.3 is 14.8 Å². The lowest BCUT2D eigenvalue weighted by molar-refractivity contribution is 0.0974. The summed E-state index contributed by atoms with van der Waals surface area (Å²) in [7, 11) is -2.57. The third kappa shape index (κ3) is 6.14. The van der Waals surface area contributed by atoms with Crippen LogP contribution in [0.4, 0.5) is 11.5 Å². The van der Waals surface area contributed by atoms with Gasteiger partial charge >= 0.3 is 0 Å². The first-order valence-electron chi connectivity index (χ1n) is 9.66. The first kappa shape index (κ1) is 23.9. The molecule has 0 atom stereocenters. The number of benzene rings is 2. The maximum absolute atomic E-state index is 12.6. The van der Waals surface area contributed by atoms with Crippen LogP contribution in [0.5, 0.6) is 11.6 Å². The lowest BCUT2D eigenvalue weighted by atomic mass is 10.2. The second-order valence-corrected chi connectivity index (χ2v) is 8.47. The normalized spacial score (nSPS) is 10.7. The number of ether oxygens (including phenoxy) is 2. The Morgan fingerprint density at radius 1 is 1.06 bits per heavy atom. The average molecular weight is 488 g/mol. The maximum atomic E-state index is 12.6. The standard InChI is InChI=1S/C21H21N5O5S2/c1-3-31-17-7-5-4-6-16(17)19(27)25-21(32)24-14-8-10-15(11-9-14)33(28,29)26-18-20(30-2)23-13-12-22-18/h4-13H,3H2,1-2H3,(H,22,26)(H2,24,25,27,32). The monoisotopic (exact) mass is 487 g/mol. The number of aromatic nitrogens is 2. The van der Waals surface area contributed by atoms with Crippen molar-refractivity contribution in [3.05, 3.63) is 66.5 Å². The van der Waals surface area contributed by atoms with E-state index in [2.05, 4.69) is 25.3 Å². The summed E-state index contributed by atoms with van der Waals surface area (Å²) in [5, 5.41) is 5.46. The molecule has 2 aromatic carbocycles. The number of hydrogen-bond donors (Lipinski definition) is 3. The number of methoxy groups -OCH3 is 1. The lowest BCUT2D eigenvalue weighted by Gasteiger charge is -2.13. The molecule has 0 saturated heterocycles. The fourth-order valence-corrected chi connectivity index (χ4v) is 3.93. The Bertz CT molecular complexity index is 1250. The molecule has 3 rings (SSSR count). The fourth-order valence-electron chi connectivity index (χ4n) is 2.72. The molecular formula is C21H21N5O5S2. The van der Waals surface area contributed by atoms with Crippen LogP contribution in [-0.4, -0.2) is 43.1 Å². The number of amides is 1. The molecule has 0 saturated carbocycles. The molecule has 10 nitrogen and oxygen atoms in total. The van der Waals surface area contributed by atoms with Crippen LogP contribution in [0.1, 0.15) is 17.3 Å². The molecule has 1 aromatic heterocycles. The molecule has 0 spiro atoms. The van der Waals surface area contributed by atoms with Crippen molar-refractivity contribution in [2.45, 2.75) is 11.8 Å². The molecule has 0 aliphatic carbocycles. The molecule has 0 radical (unpaired) electrons. The first-order valence-corrected chi connectivity index (χ1v) is 11.5. The average Bonchev–Trinajstić information content (AvgIpc) is 2.80. The molecule has 172 valence electrons. The van der Waals surface area contributed by atoms with Gasteiger partial charge in [0.2, 0.25) is 5.82 Å². The van der Waals surface area contributed by atoms with E-state index < -0.39 is 15.9 Å². The molecule has 3 N–H and O–H groups in total. The SMILES string of the molecule is CCOc1ccccc1C(=O)NC(=S)Nc1ccc(S(=O)(=O)Nc2nccnc2OC)cc1. The smallest absolute Gasteiger partial charge is 0.263 e. The van der Waals surface area contributed by atoms with Crippen molar-refractivity contribution in [1.29, 1.82) is 0 Å². The van der Waals surface area contributed by atoms with Gasteiger partial charge in [-0.25, -0.2) is 18.4 Å². The van der Waals surface area contributed by atoms with E-state index in [9.17, 15) is 13.2 Å². The summed E-state index contributed by atoms with van der Waals surface area (Å²) in [6, 6.07) is 12.6. The van der Waals surface area contributed by atoms with Crippen LogP contribution in [0.3, 0.4) is 0 Å². The van der Waals surface area contributed by atoms with E-state index in [4.69, 9.17) is 21.7 Å². The van der Waals surface area contributed by atoms with Crippen LogP contribution in [0.2, 0.25) is 0 Å². The molecule has 1 heterocycles. The van der Waals surface area contributed by atoms with E-state index in [-0.39, 0.29) is 21.7 Å². The number of hydrogen-bond acceptors (Lipinski definition) is 8. The summed E-state index contributed by atoms with van der Waals surface area (Å²) in [6.45, 7) is 2.24. The van der Waals surface area contributed by atoms with E-state index in [0.717, 1.165) is 0 Å². The van der Waals surface area contributed by atoms with E-state index in [1.165, 1.54) is 43.8 Å². The maximum Gasteiger partial charge on any atom is 0.263 e. The van der Waals surface area contributed by atoms with Gasteiger partial charge in [0.1, 0.15) is 5.75 Å². The van der Waals surface area contributed by atoms with Gasteiger partial charge in [0.15, 0.2) is 5.11 Å². The van der Waals surface area contributed by atoms with Gasteiger partial charge in [-0.3, -0.25) is 14.8 Å². The second kappa shape index (κ2) is 10.7. The van der Waals surface area contributed by atoms with E-state index in [1.54, 1.807) is 24.3 Å². The third-order valence-corrected chi connectivity index (χ3v) is 5.73. The summed E-state index contributed by atoms with van der Waals surface area (Å²) in [5.74, 6) is 0.0322. The van der Waals surface area contributed by atoms with Crippen molar-refractivity contribution < 1.29 is 22.7 Å². The minimum absolute atomic E-state index is 0.0126. The molecule has 1 amide bonds. The van der Waals surface area contributed by atoms with Crippen molar-refractivity contribution in [2.75, 3.05) is 23.8 Å². The van der Waals surface area contributed by atoms with Crippen LogP contribution in [0, 0.1) is 0 Å². The molecule has 3 aromatic rings. The van der Waals surface area contributed by atoms with E-state index >= 15 is 0 Å². The number of nitrogens with one attached hydrogen (secondary N) is 3. The number of thiocarbonyl (C=S) groups is 1. The van der Waals surface area contributed by atoms with Crippen molar-refractivity contribution in [1.82, 2.24) is 15.3 Å². The molecule has 33 heavy (non-hydrogen) atoms. The first-order chi connectivity index (χ1) is 15.8. The van der Waals surface area contributed by atoms with Crippen LogP contribution in [-0.2, 0) is 10.0 Å². The molecule has 0 unspecified atom stereocenters. The highest BCUT2D eigenvalue weighted by Crippen LogP contribution is 2.22. The van der Waals surface area contributed by atoms with Crippen molar-refractivity contribution in [2.24, 2.45) is 0 Å². The summed E-state index contributed by atoms with van der Waals surface area (Å²) >= 11 is 5.20. The summed E-state index contributed by atoms with van der Waals surface area (Å²) in [6.07, 6.45) is 2.73. The number of carbonyl (C=O) groups is 1. The molecule has 0 aliphatic rings. The van der Waals surface area contributed by atoms with E-state index in [1.807, 2.05) is 6.92 Å². The number of nitrogens with zero attached hydrogens (tertiary/aromatic N) is 2. The largest absolute Gasteiger partial charge is 0.493 e. The third-order valence-electron chi connectivity index (χ3n) is 4.17. The Labute approximate surface area is 196 Å². The highest BCUT2D eigenvalue weighted by Gasteiger charge is 2.18. The highest BCUT2D eigenvalue weighted by atomic mass is 32.2. The van der Waals surface area contributed by atoms with Crippen LogP contribution in [0.25, 0.3) is 0 Å². The van der Waals surface area contributed by atoms with E-state index in [0.29, 0.717) is 23.6 Å². The van der Waals surface area contributed by atoms with Crippen molar-refractivity contribution >= 4 is 44.8 Å². The number of carbonyl (C=O) groups excluding carboxylic acids is 1. The minimum atomic E-state index is -3.93. The Morgan fingerprint density at radius 2 is 1.76 bits per heavy atom. The van der Waals surface area contributed by atoms with Gasteiger partial charge in [0.05, 0.1) is 24.2 Å². The number of anilines is 2. The summed E-state index contributed by atoms with van der Waals surface area (Å²) < 4.78 is 38.1. The Hall–Kier alpha value is -3.77. The van der Waals surface area contributed by atoms with Crippen molar-refractivity contribution in [3.8, 4) is 11.6 Å². The van der Waals surface area contributed by atoms with Gasteiger partial charge in [0.25, 0.3) is 21.8 Å². The Morgan fingerprint density at radius 3 is 2.45 bits per heavy atom. The van der Waals surface area contributed by atoms with Gasteiger partial charge in [-0.1, -0.05) is 12.1 Å². The predicted octanol–water partition coefficient (Wildman–Crippen LogP) is 2.81. The fraction of sp³-hybridized carbons (Fsp3) is 0.143. The second-order valence-electron chi connectivity index (χ2n) is 6.38. The molecular weight excluding hydrogens is 466 g/mol. The predicted molar refractivity (Wildman–Crippen MR) is 127 cm³/mol. The zero-order valence-electron chi connectivity index (χ0n) is 17.7. The Kier molecular flexibility index (Phi) is 7.74. The molecule has 0 fully saturated rings. The van der Waals surface area contributed by atoms with Gasteiger partial charge in [-0.15, -0.1) is 0 Å². The van der Waals surface area contributed by atoms with Gasteiger partial charge in [-0.2, -0.15) is 0 Å². The minimum Gasteiger partial charge on any atom is -0.493 e. The van der Waals surface area contributed by atoms with Gasteiger partial charge in [0, 0.05) is 18.1 Å². The topological polar surface area (TPSA) is 132 Å². The molecule has 0 bridgehead atoms. The quantitative estimate of drug-likeness (QED) is 0.410. The number of sulfonamides is 1. The van der Waals surface area contributed by atoms with Gasteiger partial charge in [-0.05, 0) is 55.5 Å². The Balaban J connectivity index is 1.65. The van der Waals surface area contributed by atoms with Crippen LogP contribution in [0.15, 0.2) is 65.8 Å². The highest BCUT2D eigenvalue weighted by molar-refractivity contribution is 7.92. The zero-order chi connectivity index (χ0) is 23.8. The number of rotatable bonds is 8. The summed E-state index contributed by atoms with van der Waals surface area (Å²) in [5.41, 5.74) is 0.824. The molecule has 0 aliphatic heterocycles. The van der Waals surface area contributed by atoms with Crippen LogP contribution >= 0.6 is 12.2 Å². The number of para-hydroxylation sites is 1. The van der Waals surface area contributed by atoms with Crippen molar-refractivity contribution in [3.63, 3.8) is 0 Å². The molecule has 12 heteroatoms.